The van der Waals surface area contributed by atoms with Crippen LogP contribution in [0.5, 0.6) is 11.6 Å². The summed E-state index contributed by atoms with van der Waals surface area (Å²) in [5, 5.41) is 9.03. The zero-order valence-corrected chi connectivity index (χ0v) is 17.9. The van der Waals surface area contributed by atoms with E-state index < -0.39 is 0 Å². The number of hydrogen-bond donors (Lipinski definition) is 0. The van der Waals surface area contributed by atoms with Gasteiger partial charge in [0.25, 0.3) is 0 Å². The van der Waals surface area contributed by atoms with Crippen molar-refractivity contribution in [1.82, 2.24) is 14.8 Å². The number of urea groups is 1. The highest BCUT2D eigenvalue weighted by Gasteiger charge is 2.34. The molecule has 0 aliphatic carbocycles. The van der Waals surface area contributed by atoms with E-state index >= 15 is 0 Å². The van der Waals surface area contributed by atoms with Crippen LogP contribution in [0, 0.1) is 11.3 Å². The van der Waals surface area contributed by atoms with Gasteiger partial charge in [-0.25, -0.2) is 9.78 Å². The van der Waals surface area contributed by atoms with Gasteiger partial charge in [-0.1, -0.05) is 12.1 Å². The molecule has 9 heteroatoms. The Balaban J connectivity index is 1.35. The highest BCUT2D eigenvalue weighted by molar-refractivity contribution is 5.97. The molecule has 2 aliphatic rings. The summed E-state index contributed by atoms with van der Waals surface area (Å²) < 4.78 is 11.3. The molecular weight excluding hydrogens is 410 g/mol. The van der Waals surface area contributed by atoms with Crippen LogP contribution in [-0.2, 0) is 4.79 Å². The fraction of sp³-hybridized carbons (Fsp3) is 0.391. The smallest absolute Gasteiger partial charge is 0.325 e. The molecule has 0 bridgehead atoms. The second-order valence-electron chi connectivity index (χ2n) is 7.74. The molecule has 9 nitrogen and oxygen atoms in total. The van der Waals surface area contributed by atoms with E-state index in [1.807, 2.05) is 24.3 Å². The number of likely N-dealkylation sites (tertiary alicyclic amines) is 1. The normalized spacial score (nSPS) is 18.4. The number of pyridine rings is 1. The highest BCUT2D eigenvalue weighted by Crippen LogP contribution is 2.30. The van der Waals surface area contributed by atoms with Gasteiger partial charge in [0.2, 0.25) is 11.8 Å². The molecule has 2 saturated heterocycles. The molecule has 0 saturated carbocycles. The Kier molecular flexibility index (Phi) is 6.40. The Morgan fingerprint density at radius 1 is 1.25 bits per heavy atom. The van der Waals surface area contributed by atoms with E-state index in [9.17, 15) is 9.59 Å². The first kappa shape index (κ1) is 21.4. The number of para-hydroxylation sites is 2. The van der Waals surface area contributed by atoms with Crippen molar-refractivity contribution in [1.29, 1.82) is 5.26 Å². The summed E-state index contributed by atoms with van der Waals surface area (Å²) in [6.07, 6.45) is 2.93. The molecule has 1 aromatic heterocycles. The summed E-state index contributed by atoms with van der Waals surface area (Å²) in [7, 11) is 1.57. The Morgan fingerprint density at radius 3 is 2.91 bits per heavy atom. The summed E-state index contributed by atoms with van der Waals surface area (Å²) in [5.74, 6) is 0.900. The first-order valence-electron chi connectivity index (χ1n) is 10.6. The number of benzene rings is 1. The van der Waals surface area contributed by atoms with Gasteiger partial charge in [0.15, 0.2) is 0 Å². The number of carbonyl (C=O) groups is 2. The molecule has 4 rings (SSSR count). The van der Waals surface area contributed by atoms with Gasteiger partial charge in [-0.3, -0.25) is 9.69 Å². The van der Waals surface area contributed by atoms with Gasteiger partial charge in [0.05, 0.1) is 31.0 Å². The molecule has 0 spiro atoms. The van der Waals surface area contributed by atoms with Crippen LogP contribution in [0.3, 0.4) is 0 Å². The average Bonchev–Trinajstić information content (AvgIpc) is 3.19. The first-order chi connectivity index (χ1) is 15.6. The number of nitriles is 1. The maximum Gasteiger partial charge on any atom is 0.325 e. The minimum Gasteiger partial charge on any atom is -0.495 e. The van der Waals surface area contributed by atoms with Crippen LogP contribution in [0.4, 0.5) is 10.5 Å². The average molecular weight is 435 g/mol. The molecule has 1 aromatic carbocycles. The topological polar surface area (TPSA) is 99.0 Å². The maximum absolute atomic E-state index is 12.9. The summed E-state index contributed by atoms with van der Waals surface area (Å²) >= 11 is 0. The minimum absolute atomic E-state index is 0.0272. The number of rotatable bonds is 6. The second-order valence-corrected chi connectivity index (χ2v) is 7.74. The summed E-state index contributed by atoms with van der Waals surface area (Å²) in [4.78, 5) is 35.0. The van der Waals surface area contributed by atoms with E-state index in [0.717, 1.165) is 12.8 Å². The van der Waals surface area contributed by atoms with E-state index in [0.29, 0.717) is 49.1 Å². The van der Waals surface area contributed by atoms with Gasteiger partial charge in [-0.2, -0.15) is 5.26 Å². The number of carbonyl (C=O) groups excluding carboxylic acids is 2. The molecule has 3 heterocycles. The van der Waals surface area contributed by atoms with Crippen LogP contribution in [0.15, 0.2) is 42.6 Å². The number of nitrogens with zero attached hydrogens (tertiary/aromatic N) is 5. The van der Waals surface area contributed by atoms with Crippen molar-refractivity contribution >= 4 is 17.6 Å². The van der Waals surface area contributed by atoms with Crippen molar-refractivity contribution < 1.29 is 19.1 Å². The largest absolute Gasteiger partial charge is 0.495 e. The molecule has 1 atom stereocenters. The molecule has 2 aliphatic heterocycles. The van der Waals surface area contributed by atoms with Crippen molar-refractivity contribution in [2.45, 2.75) is 18.9 Å². The molecule has 2 aromatic rings. The number of ether oxygens (including phenoxy) is 2. The summed E-state index contributed by atoms with van der Waals surface area (Å²) in [5.41, 5.74) is 1.18. The van der Waals surface area contributed by atoms with Crippen LogP contribution in [0.2, 0.25) is 0 Å². The third-order valence-corrected chi connectivity index (χ3v) is 5.68. The molecule has 2 fully saturated rings. The zero-order chi connectivity index (χ0) is 22.5. The number of piperidine rings is 1. The Morgan fingerprint density at radius 2 is 2.09 bits per heavy atom. The lowest BCUT2D eigenvalue weighted by Crippen LogP contribution is -2.48. The zero-order valence-electron chi connectivity index (χ0n) is 17.9. The van der Waals surface area contributed by atoms with Crippen molar-refractivity contribution in [3.05, 3.63) is 48.2 Å². The van der Waals surface area contributed by atoms with E-state index in [4.69, 9.17) is 14.7 Å². The SMILES string of the molecule is COc1ccccc1N1CCN(CC(=O)N2CCC[C@@H](Oc3cc(C#N)ccn3)C2)C1=O. The monoisotopic (exact) mass is 435 g/mol. The van der Waals surface area contributed by atoms with Gasteiger partial charge in [0.1, 0.15) is 18.4 Å². The van der Waals surface area contributed by atoms with Crippen LogP contribution in [0.25, 0.3) is 0 Å². The van der Waals surface area contributed by atoms with Crippen LogP contribution in [0.1, 0.15) is 18.4 Å². The number of amides is 3. The molecule has 0 radical (unpaired) electrons. The van der Waals surface area contributed by atoms with Gasteiger partial charge < -0.3 is 19.3 Å². The summed E-state index contributed by atoms with van der Waals surface area (Å²) in [6.45, 7) is 2.05. The highest BCUT2D eigenvalue weighted by atomic mass is 16.5. The standard InChI is InChI=1S/C23H25N5O4/c1-31-20-7-3-2-6-19(20)28-12-11-27(23(28)30)16-22(29)26-10-4-5-18(15-26)32-21-13-17(14-24)8-9-25-21/h2-3,6-9,13,18H,4-5,10-12,15-16H2,1H3/t18-/m1/s1. The van der Waals surface area contributed by atoms with Crippen molar-refractivity contribution in [3.63, 3.8) is 0 Å². The van der Waals surface area contributed by atoms with E-state index in [1.165, 1.54) is 6.20 Å². The maximum atomic E-state index is 12.9. The third-order valence-electron chi connectivity index (χ3n) is 5.68. The van der Waals surface area contributed by atoms with Gasteiger partial charge >= 0.3 is 6.03 Å². The van der Waals surface area contributed by atoms with E-state index in [-0.39, 0.29) is 24.6 Å². The van der Waals surface area contributed by atoms with Crippen molar-refractivity contribution in [2.24, 2.45) is 0 Å². The molecule has 0 N–H and O–H groups in total. The lowest BCUT2D eigenvalue weighted by atomic mass is 10.1. The van der Waals surface area contributed by atoms with Gasteiger partial charge in [-0.15, -0.1) is 0 Å². The van der Waals surface area contributed by atoms with Gasteiger partial charge in [-0.05, 0) is 31.0 Å². The van der Waals surface area contributed by atoms with E-state index in [2.05, 4.69) is 11.1 Å². The lowest BCUT2D eigenvalue weighted by Gasteiger charge is -2.33. The Labute approximate surface area is 186 Å². The fourth-order valence-corrected chi connectivity index (χ4v) is 4.04. The Bertz CT molecular complexity index is 1040. The van der Waals surface area contributed by atoms with Gasteiger partial charge in [0, 0.05) is 31.9 Å². The molecular formula is C23H25N5O4. The first-order valence-corrected chi connectivity index (χ1v) is 10.6. The van der Waals surface area contributed by atoms with Crippen LogP contribution < -0.4 is 14.4 Å². The fourth-order valence-electron chi connectivity index (χ4n) is 4.04. The quantitative estimate of drug-likeness (QED) is 0.690. The minimum atomic E-state index is -0.204. The van der Waals surface area contributed by atoms with E-state index in [1.54, 1.807) is 33.9 Å². The Hall–Kier alpha value is -3.80. The third kappa shape index (κ3) is 4.59. The van der Waals surface area contributed by atoms with Crippen molar-refractivity contribution in [2.75, 3.05) is 44.7 Å². The summed E-state index contributed by atoms with van der Waals surface area (Å²) in [6, 6.07) is 12.4. The number of aromatic nitrogens is 1. The van der Waals surface area contributed by atoms with Crippen LogP contribution >= 0.6 is 0 Å². The molecule has 166 valence electrons. The second kappa shape index (κ2) is 9.56. The number of anilines is 1. The van der Waals surface area contributed by atoms with Crippen molar-refractivity contribution in [3.8, 4) is 17.7 Å². The molecule has 3 amide bonds. The molecule has 32 heavy (non-hydrogen) atoms. The molecule has 0 unspecified atom stereocenters. The number of hydrogen-bond acceptors (Lipinski definition) is 6. The predicted octanol–water partition coefficient (Wildman–Crippen LogP) is 2.27. The lowest BCUT2D eigenvalue weighted by molar-refractivity contribution is -0.134. The predicted molar refractivity (Wildman–Crippen MR) is 116 cm³/mol. The number of methoxy groups -OCH3 is 1. The van der Waals surface area contributed by atoms with Crippen LogP contribution in [-0.4, -0.2) is 72.7 Å².